The molecule has 3 aromatic carbocycles. The minimum atomic E-state index is -0.642. The van der Waals surface area contributed by atoms with Gasteiger partial charge >= 0.3 is 0 Å². The normalized spacial score (nSPS) is 14.8. The lowest BCUT2D eigenvalue weighted by Crippen LogP contribution is -2.54. The van der Waals surface area contributed by atoms with Gasteiger partial charge in [0.25, 0.3) is 11.8 Å². The first-order chi connectivity index (χ1) is 18.2. The number of rotatable bonds is 5. The van der Waals surface area contributed by atoms with Crippen molar-refractivity contribution in [2.45, 2.75) is 13.5 Å². The minimum Gasteiger partial charge on any atom is -0.337 e. The third-order valence-electron chi connectivity index (χ3n) is 6.01. The smallest absolute Gasteiger partial charge is 0.270 e. The van der Waals surface area contributed by atoms with Crippen molar-refractivity contribution in [3.05, 3.63) is 99.7 Å². The van der Waals surface area contributed by atoms with Crippen molar-refractivity contribution in [2.24, 2.45) is 0 Å². The van der Waals surface area contributed by atoms with Crippen LogP contribution < -0.4 is 15.5 Å². The Morgan fingerprint density at radius 3 is 2.61 bits per heavy atom. The summed E-state index contributed by atoms with van der Waals surface area (Å²) in [5, 5.41) is 6.50. The van der Waals surface area contributed by atoms with Crippen LogP contribution in [0.5, 0.6) is 0 Å². The summed E-state index contributed by atoms with van der Waals surface area (Å²) >= 11 is 17.7. The van der Waals surface area contributed by atoms with Gasteiger partial charge in [0, 0.05) is 28.4 Å². The van der Waals surface area contributed by atoms with Gasteiger partial charge < -0.3 is 9.88 Å². The summed E-state index contributed by atoms with van der Waals surface area (Å²) in [6.45, 7) is 1.98. The third kappa shape index (κ3) is 4.93. The minimum absolute atomic E-state index is 0.0338. The van der Waals surface area contributed by atoms with Crippen LogP contribution in [0, 0.1) is 6.92 Å². The highest BCUT2D eigenvalue weighted by molar-refractivity contribution is 7.80. The number of hydrogen-bond donors (Lipinski definition) is 2. The summed E-state index contributed by atoms with van der Waals surface area (Å²) in [6, 6.07) is 19.8. The molecule has 0 aliphatic carbocycles. The van der Waals surface area contributed by atoms with Crippen molar-refractivity contribution in [2.75, 3.05) is 10.2 Å². The number of nitrogens with one attached hydrogen (secondary N) is 2. The maximum absolute atomic E-state index is 13.5. The molecule has 0 bridgehead atoms. The molecule has 3 amide bonds. The molecule has 0 spiro atoms. The lowest BCUT2D eigenvalue weighted by atomic mass is 10.1. The number of nitrogens with zero attached hydrogens (tertiary/aromatic N) is 2. The lowest BCUT2D eigenvalue weighted by Gasteiger charge is -2.29. The second kappa shape index (κ2) is 10.4. The topological polar surface area (TPSA) is 83.4 Å². The molecule has 7 nitrogen and oxygen atoms in total. The molecule has 1 aliphatic rings. The number of carbonyl (C=O) groups excluding carboxylic acids is 3. The van der Waals surface area contributed by atoms with Gasteiger partial charge in [-0.15, -0.1) is 0 Å². The number of fused-ring (bicyclic) bond motifs is 1. The fraction of sp³-hybridized carbons (Fsp3) is 0.0714. The van der Waals surface area contributed by atoms with Crippen LogP contribution in [0.3, 0.4) is 0 Å². The van der Waals surface area contributed by atoms with E-state index in [1.807, 2.05) is 55.5 Å². The lowest BCUT2D eigenvalue weighted by molar-refractivity contribution is -0.122. The zero-order valence-electron chi connectivity index (χ0n) is 20.0. The Hall–Kier alpha value is -3.98. The van der Waals surface area contributed by atoms with Gasteiger partial charge in [-0.25, -0.2) is 0 Å². The number of benzene rings is 3. The van der Waals surface area contributed by atoms with Crippen molar-refractivity contribution in [3.63, 3.8) is 0 Å². The van der Waals surface area contributed by atoms with Gasteiger partial charge in [-0.3, -0.25) is 24.6 Å². The Labute approximate surface area is 233 Å². The molecule has 1 saturated heterocycles. The first kappa shape index (κ1) is 25.7. The molecular weight excluding hydrogens is 543 g/mol. The molecule has 2 N–H and O–H groups in total. The monoisotopic (exact) mass is 562 g/mol. The summed E-state index contributed by atoms with van der Waals surface area (Å²) in [6.07, 6.45) is 3.22. The van der Waals surface area contributed by atoms with E-state index in [4.69, 9.17) is 35.4 Å². The van der Waals surface area contributed by atoms with Gasteiger partial charge in [-0.05, 0) is 61.1 Å². The molecule has 38 heavy (non-hydrogen) atoms. The molecule has 0 unspecified atom stereocenters. The van der Waals surface area contributed by atoms with Crippen molar-refractivity contribution < 1.29 is 14.4 Å². The molecule has 4 aromatic rings. The number of thiocarbonyl (C=S) groups is 1. The highest BCUT2D eigenvalue weighted by Crippen LogP contribution is 2.35. The van der Waals surface area contributed by atoms with Crippen molar-refractivity contribution >= 4 is 86.6 Å². The highest BCUT2D eigenvalue weighted by atomic mass is 35.5. The maximum atomic E-state index is 13.5. The van der Waals surface area contributed by atoms with E-state index < -0.39 is 11.8 Å². The predicted molar refractivity (Wildman–Crippen MR) is 154 cm³/mol. The number of aryl methyl sites for hydroxylation is 1. The van der Waals surface area contributed by atoms with Crippen LogP contribution >= 0.6 is 35.4 Å². The molecule has 5 rings (SSSR count). The number of hydrogen-bond acceptors (Lipinski definition) is 4. The van der Waals surface area contributed by atoms with Crippen LogP contribution in [-0.2, 0) is 20.9 Å². The van der Waals surface area contributed by atoms with Gasteiger partial charge in [-0.1, -0.05) is 59.6 Å². The van der Waals surface area contributed by atoms with Crippen LogP contribution in [0.25, 0.3) is 17.0 Å². The molecule has 1 fully saturated rings. The SMILES string of the molecule is Cc1cccc(NC(=O)Cn2cc(/C=C3\C(=O)NC(=S)N(c4cccc(Cl)c4Cl)C3=O)c3ccccc32)c1. The van der Waals surface area contributed by atoms with Gasteiger partial charge in [0.05, 0.1) is 15.7 Å². The average Bonchev–Trinajstić information content (AvgIpc) is 3.21. The van der Waals surface area contributed by atoms with E-state index in [1.165, 1.54) is 6.08 Å². The summed E-state index contributed by atoms with van der Waals surface area (Å²) in [7, 11) is 0. The second-order valence-electron chi connectivity index (χ2n) is 8.68. The Balaban J connectivity index is 1.50. The summed E-state index contributed by atoms with van der Waals surface area (Å²) in [5.41, 5.74) is 3.22. The number of amides is 3. The molecule has 0 saturated carbocycles. The van der Waals surface area contributed by atoms with Crippen LogP contribution in [0.1, 0.15) is 11.1 Å². The highest BCUT2D eigenvalue weighted by Gasteiger charge is 2.36. The Morgan fingerprint density at radius 2 is 1.82 bits per heavy atom. The van der Waals surface area contributed by atoms with Crippen LogP contribution in [0.4, 0.5) is 11.4 Å². The molecule has 2 heterocycles. The van der Waals surface area contributed by atoms with E-state index in [0.29, 0.717) is 11.3 Å². The average molecular weight is 563 g/mol. The Kier molecular flexibility index (Phi) is 7.03. The van der Waals surface area contributed by atoms with E-state index in [2.05, 4.69) is 10.6 Å². The van der Waals surface area contributed by atoms with Gasteiger partial charge in [0.1, 0.15) is 12.1 Å². The number of aromatic nitrogens is 1. The first-order valence-electron chi connectivity index (χ1n) is 11.5. The maximum Gasteiger partial charge on any atom is 0.270 e. The van der Waals surface area contributed by atoms with Gasteiger partial charge in [0.2, 0.25) is 5.91 Å². The fourth-order valence-electron chi connectivity index (χ4n) is 4.30. The van der Waals surface area contributed by atoms with Crippen LogP contribution in [0.15, 0.2) is 78.5 Å². The van der Waals surface area contributed by atoms with E-state index in [0.717, 1.165) is 21.4 Å². The quantitative estimate of drug-likeness (QED) is 0.185. The van der Waals surface area contributed by atoms with Crippen LogP contribution in [-0.4, -0.2) is 27.4 Å². The Morgan fingerprint density at radius 1 is 1.05 bits per heavy atom. The number of anilines is 2. The molecule has 0 atom stereocenters. The summed E-state index contributed by atoms with van der Waals surface area (Å²) in [5.74, 6) is -1.49. The molecule has 1 aromatic heterocycles. The van der Waals surface area contributed by atoms with Crippen LogP contribution in [0.2, 0.25) is 10.0 Å². The van der Waals surface area contributed by atoms with Crippen molar-refractivity contribution in [3.8, 4) is 0 Å². The molecule has 1 aliphatic heterocycles. The first-order valence-corrected chi connectivity index (χ1v) is 12.7. The van der Waals surface area contributed by atoms with Crippen molar-refractivity contribution in [1.29, 1.82) is 0 Å². The van der Waals surface area contributed by atoms with E-state index >= 15 is 0 Å². The molecular formula is C28H20Cl2N4O3S. The van der Waals surface area contributed by atoms with E-state index in [1.54, 1.807) is 29.0 Å². The van der Waals surface area contributed by atoms with Gasteiger partial charge in [-0.2, -0.15) is 0 Å². The van der Waals surface area contributed by atoms with E-state index in [-0.39, 0.29) is 38.9 Å². The zero-order valence-corrected chi connectivity index (χ0v) is 22.3. The molecule has 10 heteroatoms. The van der Waals surface area contributed by atoms with E-state index in [9.17, 15) is 14.4 Å². The summed E-state index contributed by atoms with van der Waals surface area (Å²) < 4.78 is 1.77. The summed E-state index contributed by atoms with van der Waals surface area (Å²) in [4.78, 5) is 40.3. The number of para-hydroxylation sites is 1. The zero-order chi connectivity index (χ0) is 27.0. The third-order valence-corrected chi connectivity index (χ3v) is 7.10. The van der Waals surface area contributed by atoms with Crippen molar-refractivity contribution in [1.82, 2.24) is 9.88 Å². The predicted octanol–water partition coefficient (Wildman–Crippen LogP) is 5.73. The number of halogens is 2. The van der Waals surface area contributed by atoms with Gasteiger partial charge in [0.15, 0.2) is 5.11 Å². The number of carbonyl (C=O) groups is 3. The fourth-order valence-corrected chi connectivity index (χ4v) is 4.95. The molecule has 0 radical (unpaired) electrons. The standard InChI is InChI=1S/C28H20Cl2N4O3S/c1-16-6-4-7-18(12-16)31-24(35)15-33-14-17(19-8-2-3-10-22(19)33)13-20-26(36)32-28(38)34(27(20)37)23-11-5-9-21(29)25(23)30/h2-14H,15H2,1H3,(H,31,35)(H,32,36,38)/b20-13+. The second-order valence-corrected chi connectivity index (χ2v) is 9.85. The Bertz CT molecular complexity index is 1680. The molecule has 190 valence electrons. The largest absolute Gasteiger partial charge is 0.337 e.